The normalized spacial score (nSPS) is 20.4. The molecular formula is C12H18ClN3O. The number of rotatable bonds is 4. The predicted molar refractivity (Wildman–Crippen MR) is 68.9 cm³/mol. The third-order valence-electron chi connectivity index (χ3n) is 3.20. The van der Waals surface area contributed by atoms with Crippen molar-refractivity contribution in [1.82, 2.24) is 9.97 Å². The molecule has 1 aliphatic heterocycles. The van der Waals surface area contributed by atoms with Crippen molar-refractivity contribution in [3.63, 3.8) is 0 Å². The molecule has 0 amide bonds. The standard InChI is InChI=1S/C12H18ClN3O/c1-17-12-7-11(14-9-15-12)16-6-2-3-10(8-16)4-5-13/h7,9-10H,2-6,8H2,1H3. The molecule has 0 aliphatic carbocycles. The minimum absolute atomic E-state index is 0.620. The van der Waals surface area contributed by atoms with Crippen LogP contribution in [0.15, 0.2) is 12.4 Å². The Morgan fingerprint density at radius 1 is 1.53 bits per heavy atom. The van der Waals surface area contributed by atoms with E-state index in [9.17, 15) is 0 Å². The number of nitrogens with zero attached hydrogens (tertiary/aromatic N) is 3. The highest BCUT2D eigenvalue weighted by atomic mass is 35.5. The molecular weight excluding hydrogens is 238 g/mol. The van der Waals surface area contributed by atoms with Gasteiger partial charge in [0.2, 0.25) is 5.88 Å². The van der Waals surface area contributed by atoms with Gasteiger partial charge in [0.05, 0.1) is 7.11 Å². The van der Waals surface area contributed by atoms with Crippen molar-refractivity contribution >= 4 is 17.4 Å². The van der Waals surface area contributed by atoms with E-state index < -0.39 is 0 Å². The first-order valence-electron chi connectivity index (χ1n) is 6.00. The first-order chi connectivity index (χ1) is 8.33. The maximum absolute atomic E-state index is 5.81. The van der Waals surface area contributed by atoms with Crippen molar-refractivity contribution in [2.45, 2.75) is 19.3 Å². The number of hydrogen-bond acceptors (Lipinski definition) is 4. The van der Waals surface area contributed by atoms with Gasteiger partial charge in [0.15, 0.2) is 0 Å². The quantitative estimate of drug-likeness (QED) is 0.774. The second kappa shape index (κ2) is 6.05. The zero-order valence-electron chi connectivity index (χ0n) is 10.1. The van der Waals surface area contributed by atoms with E-state index in [0.29, 0.717) is 11.8 Å². The lowest BCUT2D eigenvalue weighted by Crippen LogP contribution is -2.36. The summed E-state index contributed by atoms with van der Waals surface area (Å²) in [5.74, 6) is 3.00. The molecule has 1 unspecified atom stereocenters. The van der Waals surface area contributed by atoms with Crippen LogP contribution < -0.4 is 9.64 Å². The van der Waals surface area contributed by atoms with E-state index in [2.05, 4.69) is 14.9 Å². The molecule has 17 heavy (non-hydrogen) atoms. The molecule has 94 valence electrons. The Morgan fingerprint density at radius 2 is 2.41 bits per heavy atom. The molecule has 1 aliphatic rings. The molecule has 1 aromatic heterocycles. The van der Waals surface area contributed by atoms with E-state index >= 15 is 0 Å². The summed E-state index contributed by atoms with van der Waals surface area (Å²) in [6.45, 7) is 2.09. The van der Waals surface area contributed by atoms with E-state index in [0.717, 1.165) is 31.2 Å². The second-order valence-electron chi connectivity index (χ2n) is 4.35. The lowest BCUT2D eigenvalue weighted by Gasteiger charge is -2.33. The number of ether oxygens (including phenoxy) is 1. The third kappa shape index (κ3) is 3.22. The van der Waals surface area contributed by atoms with E-state index in [1.54, 1.807) is 13.4 Å². The average molecular weight is 256 g/mol. The van der Waals surface area contributed by atoms with Gasteiger partial charge in [-0.2, -0.15) is 0 Å². The summed E-state index contributed by atoms with van der Waals surface area (Å²) in [6.07, 6.45) is 5.11. The molecule has 0 bridgehead atoms. The molecule has 0 spiro atoms. The SMILES string of the molecule is COc1cc(N2CCCC(CCCl)C2)ncn1. The molecule has 0 saturated carbocycles. The number of alkyl halides is 1. The Labute approximate surface area is 107 Å². The van der Waals surface area contributed by atoms with Gasteiger partial charge in [-0.3, -0.25) is 0 Å². The highest BCUT2D eigenvalue weighted by Crippen LogP contribution is 2.25. The van der Waals surface area contributed by atoms with E-state index in [-0.39, 0.29) is 0 Å². The van der Waals surface area contributed by atoms with Gasteiger partial charge in [-0.15, -0.1) is 11.6 Å². The lowest BCUT2D eigenvalue weighted by molar-refractivity contribution is 0.391. The Kier molecular flexibility index (Phi) is 4.42. The van der Waals surface area contributed by atoms with E-state index in [1.165, 1.54) is 12.8 Å². The van der Waals surface area contributed by atoms with Crippen LogP contribution in [0.1, 0.15) is 19.3 Å². The van der Waals surface area contributed by atoms with Crippen LogP contribution in [0.4, 0.5) is 5.82 Å². The molecule has 0 N–H and O–H groups in total. The van der Waals surface area contributed by atoms with Crippen molar-refractivity contribution in [2.24, 2.45) is 5.92 Å². The van der Waals surface area contributed by atoms with Gasteiger partial charge in [-0.1, -0.05) is 0 Å². The van der Waals surface area contributed by atoms with Crippen molar-refractivity contribution < 1.29 is 4.74 Å². The fourth-order valence-electron chi connectivity index (χ4n) is 2.28. The van der Waals surface area contributed by atoms with Crippen LogP contribution in [-0.2, 0) is 0 Å². The first-order valence-corrected chi connectivity index (χ1v) is 6.54. The van der Waals surface area contributed by atoms with E-state index in [1.807, 2.05) is 6.07 Å². The first kappa shape index (κ1) is 12.4. The predicted octanol–water partition coefficient (Wildman–Crippen LogP) is 2.33. The van der Waals surface area contributed by atoms with Crippen LogP contribution in [-0.4, -0.2) is 36.0 Å². The number of piperidine rings is 1. The highest BCUT2D eigenvalue weighted by Gasteiger charge is 2.20. The van der Waals surface area contributed by atoms with Crippen molar-refractivity contribution in [2.75, 3.05) is 31.0 Å². The van der Waals surface area contributed by atoms with Gasteiger partial charge in [0.25, 0.3) is 0 Å². The van der Waals surface area contributed by atoms with Crippen LogP contribution in [0, 0.1) is 5.92 Å². The minimum Gasteiger partial charge on any atom is -0.481 e. The molecule has 0 radical (unpaired) electrons. The molecule has 5 heteroatoms. The fourth-order valence-corrected chi connectivity index (χ4v) is 2.59. The van der Waals surface area contributed by atoms with Gasteiger partial charge in [0.1, 0.15) is 12.1 Å². The fraction of sp³-hybridized carbons (Fsp3) is 0.667. The number of hydrogen-bond donors (Lipinski definition) is 0. The number of methoxy groups -OCH3 is 1. The van der Waals surface area contributed by atoms with Crippen LogP contribution in [0.25, 0.3) is 0 Å². The smallest absolute Gasteiger partial charge is 0.218 e. The zero-order chi connectivity index (χ0) is 12.1. The number of anilines is 1. The van der Waals surface area contributed by atoms with Crippen molar-refractivity contribution in [3.8, 4) is 5.88 Å². The lowest BCUT2D eigenvalue weighted by atomic mass is 9.95. The van der Waals surface area contributed by atoms with Crippen LogP contribution in [0.3, 0.4) is 0 Å². The monoisotopic (exact) mass is 255 g/mol. The van der Waals surface area contributed by atoms with Crippen LogP contribution in [0.2, 0.25) is 0 Å². The number of halogens is 1. The topological polar surface area (TPSA) is 38.2 Å². The third-order valence-corrected chi connectivity index (χ3v) is 3.42. The molecule has 2 heterocycles. The van der Waals surface area contributed by atoms with Crippen LogP contribution in [0.5, 0.6) is 5.88 Å². The van der Waals surface area contributed by atoms with Crippen molar-refractivity contribution in [1.29, 1.82) is 0 Å². The maximum Gasteiger partial charge on any atom is 0.218 e. The summed E-state index contributed by atoms with van der Waals surface area (Å²) in [5.41, 5.74) is 0. The largest absolute Gasteiger partial charge is 0.481 e. The Morgan fingerprint density at radius 3 is 3.18 bits per heavy atom. The van der Waals surface area contributed by atoms with Gasteiger partial charge in [0, 0.05) is 25.0 Å². The van der Waals surface area contributed by atoms with Crippen molar-refractivity contribution in [3.05, 3.63) is 12.4 Å². The molecule has 0 aromatic carbocycles. The summed E-state index contributed by atoms with van der Waals surface area (Å²) in [7, 11) is 1.62. The highest BCUT2D eigenvalue weighted by molar-refractivity contribution is 6.17. The Balaban J connectivity index is 2.05. The summed E-state index contributed by atoms with van der Waals surface area (Å²) < 4.78 is 5.12. The van der Waals surface area contributed by atoms with Crippen LogP contribution >= 0.6 is 11.6 Å². The zero-order valence-corrected chi connectivity index (χ0v) is 10.9. The average Bonchev–Trinajstić information content (AvgIpc) is 2.40. The molecule has 1 aromatic rings. The van der Waals surface area contributed by atoms with Gasteiger partial charge < -0.3 is 9.64 Å². The minimum atomic E-state index is 0.620. The Hall–Kier alpha value is -1.03. The summed E-state index contributed by atoms with van der Waals surface area (Å²) >= 11 is 5.81. The molecule has 1 saturated heterocycles. The summed E-state index contributed by atoms with van der Waals surface area (Å²) in [4.78, 5) is 10.6. The summed E-state index contributed by atoms with van der Waals surface area (Å²) in [6, 6.07) is 1.89. The van der Waals surface area contributed by atoms with Gasteiger partial charge in [-0.25, -0.2) is 9.97 Å². The Bertz CT molecular complexity index is 359. The number of aromatic nitrogens is 2. The van der Waals surface area contributed by atoms with Gasteiger partial charge in [-0.05, 0) is 25.2 Å². The van der Waals surface area contributed by atoms with E-state index in [4.69, 9.17) is 16.3 Å². The maximum atomic E-state index is 5.81. The second-order valence-corrected chi connectivity index (χ2v) is 4.73. The molecule has 1 fully saturated rings. The summed E-state index contributed by atoms with van der Waals surface area (Å²) in [5, 5.41) is 0. The molecule has 2 rings (SSSR count). The van der Waals surface area contributed by atoms with Gasteiger partial charge >= 0.3 is 0 Å². The molecule has 1 atom stereocenters. The molecule has 4 nitrogen and oxygen atoms in total.